The predicted molar refractivity (Wildman–Crippen MR) is 87.2 cm³/mol. The molecule has 2 aromatic rings. The van der Waals surface area contributed by atoms with E-state index in [0.29, 0.717) is 5.56 Å². The molecule has 122 valence electrons. The quantitative estimate of drug-likeness (QED) is 0.902. The Kier molecular flexibility index (Phi) is 4.48. The van der Waals surface area contributed by atoms with Gasteiger partial charge < -0.3 is 5.32 Å². The number of nitrogens with one attached hydrogen (secondary N) is 2. The van der Waals surface area contributed by atoms with Gasteiger partial charge in [-0.05, 0) is 42.6 Å². The molecule has 3 rings (SSSR count). The molecule has 0 saturated carbocycles. The fourth-order valence-corrected chi connectivity index (χ4v) is 4.34. The summed E-state index contributed by atoms with van der Waals surface area (Å²) in [5.41, 5.74) is 2.71. The molecule has 0 saturated heterocycles. The zero-order valence-corrected chi connectivity index (χ0v) is 13.7. The molecule has 23 heavy (non-hydrogen) atoms. The molecule has 4 nitrogen and oxygen atoms in total. The third-order valence-corrected chi connectivity index (χ3v) is 5.73. The molecule has 1 heterocycles. The van der Waals surface area contributed by atoms with Gasteiger partial charge in [0.05, 0.1) is 0 Å². The Balaban J connectivity index is 1.81. The standard InChI is InChI=1S/C17H19FN2O2S/c1-12-5-4-8-15(18)17(12)23(21,22)20-11-16-14-7-3-2-6-13(14)9-10-19-16/h2-8,16,19-20H,9-11H2,1H3. The molecule has 2 aromatic carbocycles. The van der Waals surface area contributed by atoms with Gasteiger partial charge in [0.25, 0.3) is 0 Å². The Hall–Kier alpha value is -1.76. The highest BCUT2D eigenvalue weighted by atomic mass is 32.2. The van der Waals surface area contributed by atoms with E-state index in [4.69, 9.17) is 0 Å². The molecule has 0 radical (unpaired) electrons. The average Bonchev–Trinajstić information content (AvgIpc) is 2.52. The lowest BCUT2D eigenvalue weighted by Gasteiger charge is -2.27. The molecule has 1 unspecified atom stereocenters. The third kappa shape index (κ3) is 3.29. The van der Waals surface area contributed by atoms with Crippen LogP contribution >= 0.6 is 0 Å². The van der Waals surface area contributed by atoms with Gasteiger partial charge in [0.2, 0.25) is 10.0 Å². The van der Waals surface area contributed by atoms with Crippen molar-refractivity contribution in [2.24, 2.45) is 0 Å². The monoisotopic (exact) mass is 334 g/mol. The maximum Gasteiger partial charge on any atom is 0.243 e. The van der Waals surface area contributed by atoms with Crippen LogP contribution < -0.4 is 10.0 Å². The number of hydrogen-bond acceptors (Lipinski definition) is 3. The van der Waals surface area contributed by atoms with E-state index < -0.39 is 15.8 Å². The van der Waals surface area contributed by atoms with Gasteiger partial charge in [0, 0.05) is 12.6 Å². The summed E-state index contributed by atoms with van der Waals surface area (Å²) in [7, 11) is -3.89. The molecular weight excluding hydrogens is 315 g/mol. The van der Waals surface area contributed by atoms with E-state index in [2.05, 4.69) is 16.1 Å². The van der Waals surface area contributed by atoms with Gasteiger partial charge in [-0.15, -0.1) is 0 Å². The second-order valence-electron chi connectivity index (χ2n) is 5.69. The van der Waals surface area contributed by atoms with E-state index in [1.54, 1.807) is 13.0 Å². The molecule has 0 bridgehead atoms. The lowest BCUT2D eigenvalue weighted by atomic mass is 9.95. The van der Waals surface area contributed by atoms with Gasteiger partial charge in [-0.25, -0.2) is 17.5 Å². The van der Waals surface area contributed by atoms with Crippen LogP contribution in [0.3, 0.4) is 0 Å². The first-order chi connectivity index (χ1) is 11.0. The number of fused-ring (bicyclic) bond motifs is 1. The molecule has 6 heteroatoms. The summed E-state index contributed by atoms with van der Waals surface area (Å²) in [4.78, 5) is -0.274. The summed E-state index contributed by atoms with van der Waals surface area (Å²) in [6.07, 6.45) is 0.922. The minimum atomic E-state index is -3.89. The Morgan fingerprint density at radius 2 is 2.00 bits per heavy atom. The van der Waals surface area contributed by atoms with Crippen molar-refractivity contribution in [3.63, 3.8) is 0 Å². The number of rotatable bonds is 4. The average molecular weight is 334 g/mol. The third-order valence-electron chi connectivity index (χ3n) is 4.13. The molecule has 1 aliphatic rings. The lowest BCUT2D eigenvalue weighted by Crippen LogP contribution is -2.39. The maximum atomic E-state index is 13.9. The van der Waals surface area contributed by atoms with E-state index in [-0.39, 0.29) is 17.5 Å². The SMILES string of the molecule is Cc1cccc(F)c1S(=O)(=O)NCC1NCCc2ccccc21. The van der Waals surface area contributed by atoms with Crippen molar-refractivity contribution >= 4 is 10.0 Å². The Morgan fingerprint density at radius 3 is 2.78 bits per heavy atom. The van der Waals surface area contributed by atoms with Crippen molar-refractivity contribution in [2.75, 3.05) is 13.1 Å². The number of sulfonamides is 1. The van der Waals surface area contributed by atoms with E-state index in [0.717, 1.165) is 24.6 Å². The smallest absolute Gasteiger partial charge is 0.243 e. The van der Waals surface area contributed by atoms with Gasteiger partial charge in [0.15, 0.2) is 0 Å². The molecule has 0 aromatic heterocycles. The first-order valence-corrected chi connectivity index (χ1v) is 9.03. The number of benzene rings is 2. The van der Waals surface area contributed by atoms with Crippen LogP contribution in [0.15, 0.2) is 47.4 Å². The van der Waals surface area contributed by atoms with Crippen molar-refractivity contribution < 1.29 is 12.8 Å². The summed E-state index contributed by atoms with van der Waals surface area (Å²) < 4.78 is 41.4. The van der Waals surface area contributed by atoms with E-state index in [9.17, 15) is 12.8 Å². The fourth-order valence-electron chi connectivity index (χ4n) is 3.00. The zero-order valence-electron chi connectivity index (χ0n) is 12.8. The second-order valence-corrected chi connectivity index (χ2v) is 7.40. The van der Waals surface area contributed by atoms with E-state index in [1.165, 1.54) is 11.6 Å². The Labute approximate surface area is 135 Å². The van der Waals surface area contributed by atoms with Gasteiger partial charge in [-0.1, -0.05) is 36.4 Å². The highest BCUT2D eigenvalue weighted by Gasteiger charge is 2.25. The van der Waals surface area contributed by atoms with Crippen molar-refractivity contribution in [1.82, 2.24) is 10.0 Å². The number of hydrogen-bond donors (Lipinski definition) is 2. The summed E-state index contributed by atoms with van der Waals surface area (Å²) >= 11 is 0. The molecule has 0 aliphatic carbocycles. The van der Waals surface area contributed by atoms with E-state index >= 15 is 0 Å². The fraction of sp³-hybridized carbons (Fsp3) is 0.294. The maximum absolute atomic E-state index is 13.9. The normalized spacial score (nSPS) is 17.7. The summed E-state index contributed by atoms with van der Waals surface area (Å²) in [6, 6.07) is 12.1. The van der Waals surface area contributed by atoms with Crippen LogP contribution in [0.25, 0.3) is 0 Å². The molecule has 0 amide bonds. The zero-order chi connectivity index (χ0) is 16.4. The highest BCUT2D eigenvalue weighted by molar-refractivity contribution is 7.89. The lowest BCUT2D eigenvalue weighted by molar-refractivity contribution is 0.489. The Bertz CT molecular complexity index is 801. The van der Waals surface area contributed by atoms with Crippen LogP contribution in [0.1, 0.15) is 22.7 Å². The number of halogens is 1. The van der Waals surface area contributed by atoms with Gasteiger partial charge in [0.1, 0.15) is 10.7 Å². The van der Waals surface area contributed by atoms with Crippen molar-refractivity contribution in [1.29, 1.82) is 0 Å². The van der Waals surface area contributed by atoms with Crippen LogP contribution in [-0.4, -0.2) is 21.5 Å². The van der Waals surface area contributed by atoms with Crippen LogP contribution in [0.5, 0.6) is 0 Å². The van der Waals surface area contributed by atoms with Crippen LogP contribution in [-0.2, 0) is 16.4 Å². The van der Waals surface area contributed by atoms with Crippen molar-refractivity contribution in [3.8, 4) is 0 Å². The summed E-state index contributed by atoms with van der Waals surface area (Å²) in [5.74, 6) is -0.727. The minimum Gasteiger partial charge on any atom is -0.308 e. The molecule has 0 spiro atoms. The second kappa shape index (κ2) is 6.39. The Morgan fingerprint density at radius 1 is 1.22 bits per heavy atom. The minimum absolute atomic E-state index is 0.109. The van der Waals surface area contributed by atoms with Crippen LogP contribution in [0.2, 0.25) is 0 Å². The van der Waals surface area contributed by atoms with E-state index in [1.807, 2.05) is 18.2 Å². The highest BCUT2D eigenvalue weighted by Crippen LogP contribution is 2.23. The molecule has 1 aliphatic heterocycles. The van der Waals surface area contributed by atoms with Crippen molar-refractivity contribution in [3.05, 3.63) is 65.0 Å². The molecule has 2 N–H and O–H groups in total. The van der Waals surface area contributed by atoms with Crippen LogP contribution in [0.4, 0.5) is 4.39 Å². The molecular formula is C17H19FN2O2S. The molecule has 1 atom stereocenters. The van der Waals surface area contributed by atoms with Gasteiger partial charge >= 0.3 is 0 Å². The predicted octanol–water partition coefficient (Wildman–Crippen LogP) is 2.30. The van der Waals surface area contributed by atoms with Gasteiger partial charge in [-0.3, -0.25) is 0 Å². The molecule has 0 fully saturated rings. The summed E-state index contributed by atoms with van der Waals surface area (Å²) in [5, 5.41) is 3.31. The number of aryl methyl sites for hydroxylation is 1. The van der Waals surface area contributed by atoms with Gasteiger partial charge in [-0.2, -0.15) is 0 Å². The largest absolute Gasteiger partial charge is 0.308 e. The first-order valence-electron chi connectivity index (χ1n) is 7.55. The van der Waals surface area contributed by atoms with Crippen LogP contribution in [0, 0.1) is 12.7 Å². The first kappa shape index (κ1) is 16.1. The topological polar surface area (TPSA) is 58.2 Å². The summed E-state index contributed by atoms with van der Waals surface area (Å²) in [6.45, 7) is 2.57. The van der Waals surface area contributed by atoms with Crippen molar-refractivity contribution in [2.45, 2.75) is 24.3 Å².